The lowest BCUT2D eigenvalue weighted by molar-refractivity contribution is 0.442. The second kappa shape index (κ2) is 8.40. The molecule has 2 heterocycles. The van der Waals surface area contributed by atoms with Crippen LogP contribution in [0, 0.1) is 17.2 Å². The maximum atomic E-state index is 12.3. The van der Waals surface area contributed by atoms with E-state index in [1.807, 2.05) is 30.3 Å². The summed E-state index contributed by atoms with van der Waals surface area (Å²) < 4.78 is 35.3. The van der Waals surface area contributed by atoms with E-state index < -0.39 is 10.0 Å². The molecule has 2 fully saturated rings. The molecule has 9 heteroatoms. The van der Waals surface area contributed by atoms with Gasteiger partial charge in [-0.2, -0.15) is 5.26 Å². The average molecular weight is 486 g/mol. The Morgan fingerprint density at radius 3 is 2.46 bits per heavy atom. The fourth-order valence-electron chi connectivity index (χ4n) is 4.32. The van der Waals surface area contributed by atoms with Crippen LogP contribution in [0.25, 0.3) is 22.2 Å². The molecule has 2 aromatic carbocycles. The van der Waals surface area contributed by atoms with Gasteiger partial charge in [0.2, 0.25) is 10.0 Å². The summed E-state index contributed by atoms with van der Waals surface area (Å²) in [6.07, 6.45) is 6.99. The molecule has 8 nitrogen and oxygen atoms in total. The molecule has 1 N–H and O–H groups in total. The number of anilines is 1. The quantitative estimate of drug-likeness (QED) is 0.373. The van der Waals surface area contributed by atoms with Gasteiger partial charge in [0.25, 0.3) is 0 Å². The van der Waals surface area contributed by atoms with Crippen molar-refractivity contribution in [2.75, 3.05) is 4.72 Å². The predicted molar refractivity (Wildman–Crippen MR) is 132 cm³/mol. The van der Waals surface area contributed by atoms with E-state index in [4.69, 9.17) is 4.74 Å². The van der Waals surface area contributed by atoms with Gasteiger partial charge < -0.3 is 9.30 Å². The smallest absolute Gasteiger partial charge is 0.321 e. The molecule has 0 amide bonds. The molecule has 0 aliphatic heterocycles. The van der Waals surface area contributed by atoms with E-state index in [1.165, 1.54) is 0 Å². The third kappa shape index (κ3) is 4.33. The highest BCUT2D eigenvalue weighted by Crippen LogP contribution is 2.40. The van der Waals surface area contributed by atoms with Gasteiger partial charge in [0.15, 0.2) is 0 Å². The van der Waals surface area contributed by atoms with E-state index in [1.54, 1.807) is 30.6 Å². The van der Waals surface area contributed by atoms with E-state index in [0.29, 0.717) is 35.8 Å². The molecule has 2 saturated carbocycles. The number of hydrogen-bond acceptors (Lipinski definition) is 6. The van der Waals surface area contributed by atoms with Crippen LogP contribution in [0.1, 0.15) is 31.2 Å². The minimum atomic E-state index is -3.33. The first-order valence-corrected chi connectivity index (χ1v) is 13.2. The van der Waals surface area contributed by atoms with Crippen LogP contribution in [-0.2, 0) is 16.6 Å². The molecule has 176 valence electrons. The molecule has 4 aromatic rings. The summed E-state index contributed by atoms with van der Waals surface area (Å²) in [5.74, 6) is 1.17. The predicted octanol–water partition coefficient (Wildman–Crippen LogP) is 5.08. The third-order valence-electron chi connectivity index (χ3n) is 6.42. The zero-order chi connectivity index (χ0) is 24.0. The van der Waals surface area contributed by atoms with Crippen LogP contribution >= 0.6 is 0 Å². The SMILES string of the molecule is N#Cc1c(-c2ccc(NS(=O)(=O)C3CC3)cc2)n(CC2CC2)c2cc(Oc3ncccn3)ccc12. The number of nitriles is 1. The van der Waals surface area contributed by atoms with Crippen molar-refractivity contribution in [1.82, 2.24) is 14.5 Å². The van der Waals surface area contributed by atoms with E-state index in [9.17, 15) is 13.7 Å². The van der Waals surface area contributed by atoms with Crippen LogP contribution in [0.15, 0.2) is 60.9 Å². The first kappa shape index (κ1) is 21.6. The highest BCUT2D eigenvalue weighted by atomic mass is 32.2. The first-order valence-electron chi connectivity index (χ1n) is 11.6. The highest BCUT2D eigenvalue weighted by Gasteiger charge is 2.35. The topological polar surface area (TPSA) is 110 Å². The van der Waals surface area contributed by atoms with Gasteiger partial charge in [0.1, 0.15) is 11.8 Å². The van der Waals surface area contributed by atoms with Crippen molar-refractivity contribution >= 4 is 26.6 Å². The number of rotatable bonds is 8. The fraction of sp³-hybridized carbons (Fsp3) is 0.269. The van der Waals surface area contributed by atoms with Crippen molar-refractivity contribution in [3.63, 3.8) is 0 Å². The summed E-state index contributed by atoms with van der Waals surface area (Å²) in [6, 6.07) is 17.3. The molecular weight excluding hydrogens is 462 g/mol. The van der Waals surface area contributed by atoms with Gasteiger partial charge in [-0.15, -0.1) is 0 Å². The molecule has 2 aromatic heterocycles. The second-order valence-corrected chi connectivity index (χ2v) is 11.1. The maximum Gasteiger partial charge on any atom is 0.321 e. The van der Waals surface area contributed by atoms with Gasteiger partial charge in [0, 0.05) is 36.1 Å². The molecule has 0 unspecified atom stereocenters. The number of nitrogens with zero attached hydrogens (tertiary/aromatic N) is 4. The second-order valence-electron chi connectivity index (χ2n) is 9.13. The van der Waals surface area contributed by atoms with E-state index in [0.717, 1.165) is 41.5 Å². The zero-order valence-electron chi connectivity index (χ0n) is 18.9. The number of fused-ring (bicyclic) bond motifs is 1. The Kier molecular flexibility index (Phi) is 5.19. The summed E-state index contributed by atoms with van der Waals surface area (Å²) in [7, 11) is -3.33. The number of aromatic nitrogens is 3. The third-order valence-corrected chi connectivity index (χ3v) is 8.29. The Morgan fingerprint density at radius 1 is 1.06 bits per heavy atom. The minimum absolute atomic E-state index is 0.261. The van der Waals surface area contributed by atoms with Crippen molar-refractivity contribution in [2.45, 2.75) is 37.5 Å². The Bertz CT molecular complexity index is 1550. The number of hydrogen-bond donors (Lipinski definition) is 1. The minimum Gasteiger partial charge on any atom is -0.424 e. The summed E-state index contributed by atoms with van der Waals surface area (Å²) >= 11 is 0. The lowest BCUT2D eigenvalue weighted by Crippen LogP contribution is -2.17. The molecule has 0 saturated heterocycles. The van der Waals surface area contributed by atoms with Gasteiger partial charge in [-0.1, -0.05) is 12.1 Å². The molecule has 0 atom stereocenters. The van der Waals surface area contributed by atoms with Crippen molar-refractivity contribution < 1.29 is 13.2 Å². The lowest BCUT2D eigenvalue weighted by atomic mass is 10.1. The number of ether oxygens (including phenoxy) is 1. The Labute approximate surface area is 203 Å². The lowest BCUT2D eigenvalue weighted by Gasteiger charge is -2.13. The normalized spacial score (nSPS) is 15.6. The van der Waals surface area contributed by atoms with Crippen molar-refractivity contribution in [3.05, 3.63) is 66.5 Å². The Balaban J connectivity index is 1.41. The maximum absolute atomic E-state index is 12.3. The van der Waals surface area contributed by atoms with Gasteiger partial charge in [-0.25, -0.2) is 18.4 Å². The summed E-state index contributed by atoms with van der Waals surface area (Å²) in [5, 5.41) is 10.7. The molecule has 2 aliphatic carbocycles. The van der Waals surface area contributed by atoms with Crippen molar-refractivity contribution in [1.29, 1.82) is 5.26 Å². The number of nitrogens with one attached hydrogen (secondary N) is 1. The molecule has 0 spiro atoms. The van der Waals surface area contributed by atoms with Crippen molar-refractivity contribution in [3.8, 4) is 29.1 Å². The van der Waals surface area contributed by atoms with E-state index >= 15 is 0 Å². The fourth-order valence-corrected chi connectivity index (χ4v) is 5.71. The van der Waals surface area contributed by atoms with Crippen LogP contribution in [0.2, 0.25) is 0 Å². The van der Waals surface area contributed by atoms with Gasteiger partial charge in [-0.05, 0) is 67.5 Å². The van der Waals surface area contributed by atoms with Gasteiger partial charge in [-0.3, -0.25) is 4.72 Å². The van der Waals surface area contributed by atoms with Crippen LogP contribution < -0.4 is 9.46 Å². The highest BCUT2D eigenvalue weighted by molar-refractivity contribution is 7.93. The van der Waals surface area contributed by atoms with Crippen molar-refractivity contribution in [2.24, 2.45) is 5.92 Å². The first-order chi connectivity index (χ1) is 17.0. The van der Waals surface area contributed by atoms with E-state index in [2.05, 4.69) is 25.3 Å². The van der Waals surface area contributed by atoms with Crippen LogP contribution in [-0.4, -0.2) is 28.2 Å². The molecular formula is C26H23N5O3S. The molecule has 6 rings (SSSR count). The average Bonchev–Trinajstić information content (AvgIpc) is 3.78. The van der Waals surface area contributed by atoms with Crippen LogP contribution in [0.4, 0.5) is 5.69 Å². The largest absolute Gasteiger partial charge is 0.424 e. The Morgan fingerprint density at radius 2 is 1.80 bits per heavy atom. The summed E-state index contributed by atoms with van der Waals surface area (Å²) in [5.41, 5.74) is 3.73. The zero-order valence-corrected chi connectivity index (χ0v) is 19.7. The molecule has 0 bridgehead atoms. The number of sulfonamides is 1. The standard InChI is InChI=1S/C26H23N5O3S/c27-15-23-22-11-8-20(34-26-28-12-1-13-29-26)14-24(22)31(16-17-2-3-17)25(23)18-4-6-19(7-5-18)30-35(32,33)21-9-10-21/h1,4-8,11-14,17,21,30H,2-3,9-10,16H2. The van der Waals surface area contributed by atoms with E-state index in [-0.39, 0.29) is 11.3 Å². The summed E-state index contributed by atoms with van der Waals surface area (Å²) in [4.78, 5) is 8.26. The monoisotopic (exact) mass is 485 g/mol. The van der Waals surface area contributed by atoms with Crippen LogP contribution in [0.3, 0.4) is 0 Å². The summed E-state index contributed by atoms with van der Waals surface area (Å²) in [6.45, 7) is 0.800. The molecule has 0 radical (unpaired) electrons. The Hall–Kier alpha value is -3.90. The molecule has 35 heavy (non-hydrogen) atoms. The van der Waals surface area contributed by atoms with Crippen LogP contribution in [0.5, 0.6) is 11.8 Å². The number of benzene rings is 2. The van der Waals surface area contributed by atoms with Gasteiger partial charge >= 0.3 is 6.01 Å². The van der Waals surface area contributed by atoms with Gasteiger partial charge in [0.05, 0.1) is 22.0 Å². The molecule has 2 aliphatic rings.